The molecule has 0 radical (unpaired) electrons. The lowest BCUT2D eigenvalue weighted by Crippen LogP contribution is -2.59. The van der Waals surface area contributed by atoms with Crippen molar-refractivity contribution in [1.82, 2.24) is 10.2 Å². The van der Waals surface area contributed by atoms with Crippen LogP contribution in [0.4, 0.5) is 5.69 Å². The third-order valence-electron chi connectivity index (χ3n) is 4.60. The van der Waals surface area contributed by atoms with E-state index in [1.807, 2.05) is 6.92 Å². The Hall–Kier alpha value is -2.16. The number of benzene rings is 1. The van der Waals surface area contributed by atoms with Crippen LogP contribution in [0, 0.1) is 0 Å². The van der Waals surface area contributed by atoms with Crippen molar-refractivity contribution in [2.24, 2.45) is 0 Å². The van der Waals surface area contributed by atoms with Gasteiger partial charge in [0.2, 0.25) is 11.8 Å². The van der Waals surface area contributed by atoms with E-state index in [1.54, 1.807) is 29.2 Å². The molecule has 8 heteroatoms. The summed E-state index contributed by atoms with van der Waals surface area (Å²) in [6.45, 7) is 6.32. The molecular weight excluding hydrogens is 350 g/mol. The lowest BCUT2D eigenvalue weighted by atomic mass is 10.0. The van der Waals surface area contributed by atoms with Gasteiger partial charge in [-0.3, -0.25) is 9.59 Å². The van der Waals surface area contributed by atoms with E-state index in [1.165, 1.54) is 0 Å². The number of ether oxygens (including phenoxy) is 3. The monoisotopic (exact) mass is 377 g/mol. The van der Waals surface area contributed by atoms with Crippen molar-refractivity contribution < 1.29 is 23.8 Å². The van der Waals surface area contributed by atoms with Crippen molar-refractivity contribution in [1.29, 1.82) is 0 Å². The molecule has 0 saturated carbocycles. The van der Waals surface area contributed by atoms with Gasteiger partial charge in [0.25, 0.3) is 0 Å². The smallest absolute Gasteiger partial charge is 0.233 e. The first-order valence-corrected chi connectivity index (χ1v) is 9.33. The third kappa shape index (κ3) is 5.41. The molecule has 3 rings (SSSR count). The number of nitrogens with zero attached hydrogens (tertiary/aromatic N) is 1. The van der Waals surface area contributed by atoms with Gasteiger partial charge in [-0.2, -0.15) is 0 Å². The lowest BCUT2D eigenvalue weighted by Gasteiger charge is -2.41. The second kappa shape index (κ2) is 9.16. The first-order chi connectivity index (χ1) is 13.1. The molecule has 8 nitrogen and oxygen atoms in total. The van der Waals surface area contributed by atoms with Crippen LogP contribution < -0.4 is 15.4 Å². The minimum atomic E-state index is -0.532. The number of amides is 2. The second-order valence-electron chi connectivity index (χ2n) is 6.76. The summed E-state index contributed by atoms with van der Waals surface area (Å²) in [6.07, 6.45) is -0.197. The number of rotatable bonds is 5. The van der Waals surface area contributed by atoms with Crippen LogP contribution in [0.25, 0.3) is 0 Å². The second-order valence-corrected chi connectivity index (χ2v) is 6.76. The van der Waals surface area contributed by atoms with Crippen molar-refractivity contribution in [2.75, 3.05) is 57.9 Å². The fraction of sp³-hybridized carbons (Fsp3) is 0.579. The van der Waals surface area contributed by atoms with Gasteiger partial charge >= 0.3 is 0 Å². The van der Waals surface area contributed by atoms with Gasteiger partial charge in [0.1, 0.15) is 17.8 Å². The summed E-state index contributed by atoms with van der Waals surface area (Å²) in [7, 11) is 0. The summed E-state index contributed by atoms with van der Waals surface area (Å²) < 4.78 is 16.9. The fourth-order valence-corrected chi connectivity index (χ4v) is 3.28. The van der Waals surface area contributed by atoms with Crippen molar-refractivity contribution in [3.05, 3.63) is 24.3 Å². The van der Waals surface area contributed by atoms with E-state index >= 15 is 0 Å². The van der Waals surface area contributed by atoms with Crippen LogP contribution in [0.3, 0.4) is 0 Å². The molecule has 0 aliphatic carbocycles. The van der Waals surface area contributed by atoms with Gasteiger partial charge < -0.3 is 29.7 Å². The van der Waals surface area contributed by atoms with Crippen molar-refractivity contribution in [3.8, 4) is 5.75 Å². The summed E-state index contributed by atoms with van der Waals surface area (Å²) in [5.74, 6) is 0.203. The number of hydrogen-bond donors (Lipinski definition) is 2. The summed E-state index contributed by atoms with van der Waals surface area (Å²) in [5.41, 5.74) is 0.103. The fourth-order valence-electron chi connectivity index (χ4n) is 3.28. The predicted octanol–water partition coefficient (Wildman–Crippen LogP) is 0.631. The standard InChI is InChI=1S/C19H27N3O5/c1-2-26-16-5-3-15(4-6-16)21-17(23)11-18(24)22-8-10-27-19(13-22)12-20-7-9-25-14-19/h3-6,20H,2,7-14H2,1H3,(H,21,23)/t19-/m0/s1. The van der Waals surface area contributed by atoms with E-state index in [0.29, 0.717) is 51.7 Å². The molecule has 0 unspecified atom stereocenters. The molecule has 1 aromatic carbocycles. The first kappa shape index (κ1) is 19.6. The van der Waals surface area contributed by atoms with Crippen LogP contribution in [0.5, 0.6) is 5.75 Å². The SMILES string of the molecule is CCOc1ccc(NC(=O)CC(=O)N2CCO[C@@]3(CNCCOC3)C2)cc1. The van der Waals surface area contributed by atoms with Crippen LogP contribution in [0.15, 0.2) is 24.3 Å². The van der Waals surface area contributed by atoms with E-state index < -0.39 is 5.60 Å². The molecule has 148 valence electrons. The minimum Gasteiger partial charge on any atom is -0.494 e. The zero-order valence-corrected chi connectivity index (χ0v) is 15.7. The summed E-state index contributed by atoms with van der Waals surface area (Å²) >= 11 is 0. The predicted molar refractivity (Wildman–Crippen MR) is 99.8 cm³/mol. The van der Waals surface area contributed by atoms with Crippen LogP contribution in [0.1, 0.15) is 13.3 Å². The largest absolute Gasteiger partial charge is 0.494 e. The molecule has 1 spiro atoms. The number of hydrogen-bond acceptors (Lipinski definition) is 6. The van der Waals surface area contributed by atoms with Gasteiger partial charge in [-0.25, -0.2) is 0 Å². The molecule has 0 aromatic heterocycles. The maximum absolute atomic E-state index is 12.6. The number of nitrogens with one attached hydrogen (secondary N) is 2. The average molecular weight is 377 g/mol. The highest BCUT2D eigenvalue weighted by atomic mass is 16.5. The summed E-state index contributed by atoms with van der Waals surface area (Å²) in [5, 5.41) is 6.03. The molecule has 2 aliphatic heterocycles. The Morgan fingerprint density at radius 2 is 2.11 bits per heavy atom. The highest BCUT2D eigenvalue weighted by Gasteiger charge is 2.39. The molecule has 2 fully saturated rings. The Labute approximate surface area is 159 Å². The van der Waals surface area contributed by atoms with E-state index in [-0.39, 0.29) is 18.2 Å². The average Bonchev–Trinajstić information content (AvgIpc) is 2.89. The number of anilines is 1. The molecule has 2 amide bonds. The maximum Gasteiger partial charge on any atom is 0.233 e. The molecule has 2 saturated heterocycles. The highest BCUT2D eigenvalue weighted by Crippen LogP contribution is 2.21. The molecular formula is C19H27N3O5. The molecule has 1 atom stereocenters. The van der Waals surface area contributed by atoms with Crippen molar-refractivity contribution in [3.63, 3.8) is 0 Å². The summed E-state index contributed by atoms with van der Waals surface area (Å²) in [4.78, 5) is 26.5. The Morgan fingerprint density at radius 1 is 1.30 bits per heavy atom. The van der Waals surface area contributed by atoms with E-state index in [2.05, 4.69) is 10.6 Å². The molecule has 27 heavy (non-hydrogen) atoms. The topological polar surface area (TPSA) is 89.1 Å². The summed E-state index contributed by atoms with van der Waals surface area (Å²) in [6, 6.07) is 7.08. The van der Waals surface area contributed by atoms with Gasteiger partial charge in [-0.15, -0.1) is 0 Å². The number of morpholine rings is 1. The number of carbonyl (C=O) groups is 2. The van der Waals surface area contributed by atoms with Crippen LogP contribution in [-0.4, -0.2) is 74.9 Å². The molecule has 2 heterocycles. The van der Waals surface area contributed by atoms with E-state index in [9.17, 15) is 9.59 Å². The zero-order chi connectivity index (χ0) is 19.1. The van der Waals surface area contributed by atoms with Crippen molar-refractivity contribution >= 4 is 17.5 Å². The van der Waals surface area contributed by atoms with E-state index in [4.69, 9.17) is 14.2 Å². The normalized spacial score (nSPS) is 22.9. The minimum absolute atomic E-state index is 0.197. The number of carbonyl (C=O) groups excluding carboxylic acids is 2. The molecule has 2 N–H and O–H groups in total. The molecule has 0 bridgehead atoms. The highest BCUT2D eigenvalue weighted by molar-refractivity contribution is 6.03. The Bertz CT molecular complexity index is 641. The van der Waals surface area contributed by atoms with Gasteiger partial charge in [-0.05, 0) is 31.2 Å². The zero-order valence-electron chi connectivity index (χ0n) is 15.7. The Kier molecular flexibility index (Phi) is 6.65. The van der Waals surface area contributed by atoms with Crippen LogP contribution >= 0.6 is 0 Å². The van der Waals surface area contributed by atoms with Gasteiger partial charge in [0.15, 0.2) is 0 Å². The quantitative estimate of drug-likeness (QED) is 0.732. The Balaban J connectivity index is 1.52. The Morgan fingerprint density at radius 3 is 2.89 bits per heavy atom. The van der Waals surface area contributed by atoms with Gasteiger partial charge in [0.05, 0.1) is 33.0 Å². The van der Waals surface area contributed by atoms with Crippen LogP contribution in [-0.2, 0) is 19.1 Å². The van der Waals surface area contributed by atoms with Crippen molar-refractivity contribution in [2.45, 2.75) is 18.9 Å². The third-order valence-corrected chi connectivity index (χ3v) is 4.60. The van der Waals surface area contributed by atoms with Gasteiger partial charge in [-0.1, -0.05) is 0 Å². The molecule has 1 aromatic rings. The van der Waals surface area contributed by atoms with Gasteiger partial charge in [0, 0.05) is 25.3 Å². The van der Waals surface area contributed by atoms with E-state index in [0.717, 1.165) is 12.3 Å². The first-order valence-electron chi connectivity index (χ1n) is 9.33. The lowest BCUT2D eigenvalue weighted by molar-refractivity contribution is -0.159. The molecule has 2 aliphatic rings. The maximum atomic E-state index is 12.6. The van der Waals surface area contributed by atoms with Crippen LogP contribution in [0.2, 0.25) is 0 Å².